The zero-order chi connectivity index (χ0) is 20.2. The molecule has 0 saturated carbocycles. The lowest BCUT2D eigenvalue weighted by molar-refractivity contribution is -0.164. The molecule has 1 aliphatic rings. The third-order valence-corrected chi connectivity index (χ3v) is 3.45. The van der Waals surface area contributed by atoms with Gasteiger partial charge in [-0.1, -0.05) is 0 Å². The topological polar surface area (TPSA) is 149 Å². The van der Waals surface area contributed by atoms with Crippen LogP contribution < -0.4 is 5.32 Å². The minimum absolute atomic E-state index is 0.0280. The van der Waals surface area contributed by atoms with E-state index >= 15 is 0 Å². The Morgan fingerprint density at radius 2 is 1.78 bits per heavy atom. The maximum Gasteiger partial charge on any atom is 0.344 e. The van der Waals surface area contributed by atoms with Gasteiger partial charge in [-0.3, -0.25) is 19.3 Å². The largest absolute Gasteiger partial charge is 0.461 e. The minimum atomic E-state index is -1.31. The first-order valence-corrected chi connectivity index (χ1v) is 8.49. The SMILES string of the molecule is CC(O)C(=O)OCC(=O)OCCOCCNC(=O)CCN1C(=O)CCC1=O. The molecule has 1 heterocycles. The summed E-state index contributed by atoms with van der Waals surface area (Å²) in [6, 6.07) is 0. The molecule has 1 unspecified atom stereocenters. The number of aliphatic hydroxyl groups is 1. The number of imide groups is 1. The van der Waals surface area contributed by atoms with Crippen LogP contribution in [0.4, 0.5) is 0 Å². The van der Waals surface area contributed by atoms with Crippen LogP contribution in [-0.4, -0.2) is 85.3 Å². The van der Waals surface area contributed by atoms with Crippen molar-refractivity contribution in [3.8, 4) is 0 Å². The Hall–Kier alpha value is -2.53. The van der Waals surface area contributed by atoms with Gasteiger partial charge in [-0.15, -0.1) is 0 Å². The number of hydrogen-bond acceptors (Lipinski definition) is 9. The van der Waals surface area contributed by atoms with Crippen LogP contribution in [0.25, 0.3) is 0 Å². The standard InChI is InChI=1S/C16H24N2O9/c1-11(19)16(24)27-10-15(23)26-9-8-25-7-5-17-12(20)4-6-18-13(21)2-3-14(18)22/h11,19H,2-10H2,1H3,(H,17,20). The van der Waals surface area contributed by atoms with Crippen LogP contribution in [0.1, 0.15) is 26.2 Å². The Morgan fingerprint density at radius 1 is 1.11 bits per heavy atom. The van der Waals surface area contributed by atoms with E-state index < -0.39 is 24.6 Å². The van der Waals surface area contributed by atoms with Crippen molar-refractivity contribution < 1.29 is 43.3 Å². The second kappa shape index (κ2) is 12.0. The highest BCUT2D eigenvalue weighted by atomic mass is 16.6. The predicted molar refractivity (Wildman–Crippen MR) is 88.0 cm³/mol. The van der Waals surface area contributed by atoms with Gasteiger partial charge in [0.2, 0.25) is 17.7 Å². The predicted octanol–water partition coefficient (Wildman–Crippen LogP) is -1.87. The molecule has 1 atom stereocenters. The summed E-state index contributed by atoms with van der Waals surface area (Å²) in [7, 11) is 0. The molecule has 0 bridgehead atoms. The van der Waals surface area contributed by atoms with Crippen molar-refractivity contribution in [2.75, 3.05) is 39.5 Å². The quantitative estimate of drug-likeness (QED) is 0.223. The van der Waals surface area contributed by atoms with E-state index in [2.05, 4.69) is 10.1 Å². The molecule has 0 aromatic carbocycles. The van der Waals surface area contributed by atoms with Crippen LogP contribution in [0.2, 0.25) is 0 Å². The van der Waals surface area contributed by atoms with Crippen molar-refractivity contribution >= 4 is 29.7 Å². The first-order valence-electron chi connectivity index (χ1n) is 8.49. The van der Waals surface area contributed by atoms with E-state index in [0.29, 0.717) is 0 Å². The van der Waals surface area contributed by atoms with Crippen LogP contribution in [0, 0.1) is 0 Å². The van der Waals surface area contributed by atoms with Gasteiger partial charge in [-0.25, -0.2) is 9.59 Å². The van der Waals surface area contributed by atoms with Gasteiger partial charge in [0.1, 0.15) is 12.7 Å². The molecule has 27 heavy (non-hydrogen) atoms. The lowest BCUT2D eigenvalue weighted by atomic mass is 10.3. The zero-order valence-electron chi connectivity index (χ0n) is 15.1. The van der Waals surface area contributed by atoms with Gasteiger partial charge < -0.3 is 24.6 Å². The molecule has 3 amide bonds. The Kier molecular flexibility index (Phi) is 9.98. The molecule has 0 radical (unpaired) electrons. The van der Waals surface area contributed by atoms with Crippen LogP contribution in [-0.2, 0) is 38.2 Å². The van der Waals surface area contributed by atoms with E-state index in [1.54, 1.807) is 0 Å². The van der Waals surface area contributed by atoms with Crippen LogP contribution in [0.3, 0.4) is 0 Å². The summed E-state index contributed by atoms with van der Waals surface area (Å²) in [5.41, 5.74) is 0. The summed E-state index contributed by atoms with van der Waals surface area (Å²) < 4.78 is 14.4. The maximum atomic E-state index is 11.6. The monoisotopic (exact) mass is 388 g/mol. The van der Waals surface area contributed by atoms with Gasteiger partial charge >= 0.3 is 11.9 Å². The van der Waals surface area contributed by atoms with Gasteiger partial charge in [-0.05, 0) is 6.92 Å². The summed E-state index contributed by atoms with van der Waals surface area (Å²) in [6.45, 7) is 1.12. The number of aliphatic hydroxyl groups excluding tert-OH is 1. The molecule has 0 aliphatic carbocycles. The van der Waals surface area contributed by atoms with Crippen molar-refractivity contribution in [3.05, 3.63) is 0 Å². The van der Waals surface area contributed by atoms with Crippen LogP contribution >= 0.6 is 0 Å². The summed E-state index contributed by atoms with van der Waals surface area (Å²) in [4.78, 5) is 57.7. The Balaban J connectivity index is 1.97. The van der Waals surface area contributed by atoms with Crippen LogP contribution in [0.5, 0.6) is 0 Å². The van der Waals surface area contributed by atoms with E-state index in [1.807, 2.05) is 0 Å². The van der Waals surface area contributed by atoms with E-state index in [0.717, 1.165) is 4.90 Å². The van der Waals surface area contributed by atoms with Crippen molar-refractivity contribution in [1.82, 2.24) is 10.2 Å². The molecule has 1 fully saturated rings. The third kappa shape index (κ3) is 9.11. The summed E-state index contributed by atoms with van der Waals surface area (Å²) in [6.07, 6.45) is -0.892. The molecule has 1 saturated heterocycles. The molecule has 0 aromatic rings. The lowest BCUT2D eigenvalue weighted by Crippen LogP contribution is -2.35. The maximum absolute atomic E-state index is 11.6. The van der Waals surface area contributed by atoms with Crippen molar-refractivity contribution in [1.29, 1.82) is 0 Å². The van der Waals surface area contributed by atoms with Gasteiger partial charge in [0, 0.05) is 32.4 Å². The fourth-order valence-electron chi connectivity index (χ4n) is 2.05. The molecule has 11 heteroatoms. The molecule has 1 rings (SSSR count). The normalized spacial score (nSPS) is 14.8. The fourth-order valence-corrected chi connectivity index (χ4v) is 2.05. The van der Waals surface area contributed by atoms with Gasteiger partial charge in [0.15, 0.2) is 6.61 Å². The summed E-state index contributed by atoms with van der Waals surface area (Å²) in [5, 5.41) is 11.4. The number of carbonyl (C=O) groups is 5. The Morgan fingerprint density at radius 3 is 2.41 bits per heavy atom. The number of rotatable bonds is 12. The van der Waals surface area contributed by atoms with E-state index in [1.165, 1.54) is 6.92 Å². The zero-order valence-corrected chi connectivity index (χ0v) is 15.1. The number of likely N-dealkylation sites (tertiary alicyclic amines) is 1. The highest BCUT2D eigenvalue weighted by Gasteiger charge is 2.28. The molecule has 152 valence electrons. The number of carbonyl (C=O) groups excluding carboxylic acids is 5. The number of ether oxygens (including phenoxy) is 3. The van der Waals surface area contributed by atoms with Crippen LogP contribution in [0.15, 0.2) is 0 Å². The second-order valence-electron chi connectivity index (χ2n) is 5.66. The van der Waals surface area contributed by atoms with E-state index in [9.17, 15) is 24.0 Å². The Bertz CT molecular complexity index is 546. The number of hydrogen-bond donors (Lipinski definition) is 2. The van der Waals surface area contributed by atoms with Crippen molar-refractivity contribution in [2.45, 2.75) is 32.3 Å². The molecule has 11 nitrogen and oxygen atoms in total. The Labute approximate surface area is 155 Å². The smallest absolute Gasteiger partial charge is 0.344 e. The first kappa shape index (κ1) is 22.5. The van der Waals surface area contributed by atoms with E-state index in [4.69, 9.17) is 14.6 Å². The van der Waals surface area contributed by atoms with Gasteiger partial charge in [0.05, 0.1) is 13.2 Å². The van der Waals surface area contributed by atoms with Crippen molar-refractivity contribution in [3.63, 3.8) is 0 Å². The number of nitrogens with one attached hydrogen (secondary N) is 1. The number of amides is 3. The molecule has 0 aromatic heterocycles. The average molecular weight is 388 g/mol. The highest BCUT2D eigenvalue weighted by molar-refractivity contribution is 6.02. The first-order chi connectivity index (χ1) is 12.8. The van der Waals surface area contributed by atoms with E-state index in [-0.39, 0.29) is 69.9 Å². The van der Waals surface area contributed by atoms with Gasteiger partial charge in [0.25, 0.3) is 0 Å². The molecule has 2 N–H and O–H groups in total. The number of esters is 2. The summed E-state index contributed by atoms with van der Waals surface area (Å²) in [5.74, 6) is -2.51. The molecule has 1 aliphatic heterocycles. The van der Waals surface area contributed by atoms with Crippen molar-refractivity contribution in [2.24, 2.45) is 0 Å². The number of nitrogens with zero attached hydrogens (tertiary/aromatic N) is 1. The summed E-state index contributed by atoms with van der Waals surface area (Å²) >= 11 is 0. The third-order valence-electron chi connectivity index (χ3n) is 3.45. The van der Waals surface area contributed by atoms with Gasteiger partial charge in [-0.2, -0.15) is 0 Å². The highest BCUT2D eigenvalue weighted by Crippen LogP contribution is 2.11. The average Bonchev–Trinajstić information content (AvgIpc) is 2.94. The minimum Gasteiger partial charge on any atom is -0.461 e. The lowest BCUT2D eigenvalue weighted by Gasteiger charge is -2.13. The molecule has 0 spiro atoms. The molecular formula is C16H24N2O9. The fraction of sp³-hybridized carbons (Fsp3) is 0.688. The molecular weight excluding hydrogens is 364 g/mol. The second-order valence-corrected chi connectivity index (χ2v) is 5.66.